The molecule has 3 aromatic heterocycles. The average molecular weight is 453 g/mol. The zero-order chi connectivity index (χ0) is 21.5. The van der Waals surface area contributed by atoms with E-state index >= 15 is 0 Å². The van der Waals surface area contributed by atoms with Crippen LogP contribution in [0.15, 0.2) is 52.9 Å². The fourth-order valence-corrected chi connectivity index (χ4v) is 6.02. The van der Waals surface area contributed by atoms with Crippen LogP contribution in [0.25, 0.3) is 16.0 Å². The third-order valence-corrected chi connectivity index (χ3v) is 7.80. The van der Waals surface area contributed by atoms with E-state index in [4.69, 9.17) is 4.74 Å². The molecule has 0 fully saturated rings. The number of benzene rings is 1. The molecule has 1 aliphatic rings. The maximum Gasteiger partial charge on any atom is 0.264 e. The molecule has 0 spiro atoms. The molecule has 0 bridgehead atoms. The first-order chi connectivity index (χ1) is 15.1. The Balaban J connectivity index is 1.78. The Morgan fingerprint density at radius 2 is 2.13 bits per heavy atom. The molecule has 0 radical (unpaired) electrons. The molecule has 1 unspecified atom stereocenters. The minimum absolute atomic E-state index is 0.000861. The highest BCUT2D eigenvalue weighted by molar-refractivity contribution is 7.99. The number of thiophene rings is 1. The second-order valence-corrected chi connectivity index (χ2v) is 10.1. The van der Waals surface area contributed by atoms with Crippen LogP contribution in [-0.2, 0) is 24.3 Å². The average Bonchev–Trinajstić information content (AvgIpc) is 3.36. The van der Waals surface area contributed by atoms with E-state index in [2.05, 4.69) is 30.6 Å². The van der Waals surface area contributed by atoms with Gasteiger partial charge in [0, 0.05) is 17.1 Å². The maximum absolute atomic E-state index is 13.8. The van der Waals surface area contributed by atoms with Crippen molar-refractivity contribution in [3.63, 3.8) is 0 Å². The summed E-state index contributed by atoms with van der Waals surface area (Å²) in [6.45, 7) is 9.16. The van der Waals surface area contributed by atoms with Gasteiger partial charge in [0.2, 0.25) is 5.78 Å². The molecule has 4 aromatic rings. The van der Waals surface area contributed by atoms with E-state index in [1.807, 2.05) is 40.8 Å². The Hall–Kier alpha value is -2.42. The van der Waals surface area contributed by atoms with Gasteiger partial charge in [0.25, 0.3) is 5.56 Å². The largest absolute Gasteiger partial charge is 0.372 e. The number of nitrogens with zero attached hydrogens (tertiary/aromatic N) is 4. The summed E-state index contributed by atoms with van der Waals surface area (Å²) < 4.78 is 9.89. The summed E-state index contributed by atoms with van der Waals surface area (Å²) in [7, 11) is 0. The zero-order valence-corrected chi connectivity index (χ0v) is 19.2. The van der Waals surface area contributed by atoms with Crippen LogP contribution in [0.4, 0.5) is 0 Å². The highest BCUT2D eigenvalue weighted by Crippen LogP contribution is 2.37. The zero-order valence-electron chi connectivity index (χ0n) is 17.6. The number of hydrogen-bond acceptors (Lipinski definition) is 6. The van der Waals surface area contributed by atoms with E-state index in [9.17, 15) is 4.79 Å². The Kier molecular flexibility index (Phi) is 5.45. The van der Waals surface area contributed by atoms with Crippen LogP contribution in [-0.4, -0.2) is 31.0 Å². The summed E-state index contributed by atoms with van der Waals surface area (Å²) in [4.78, 5) is 15.9. The number of thioether (sulfide) groups is 1. The first-order valence-electron chi connectivity index (χ1n) is 10.4. The fraction of sp³-hybridized carbons (Fsp3) is 0.348. The minimum atomic E-state index is 0.000861. The normalized spacial score (nSPS) is 16.3. The van der Waals surface area contributed by atoms with E-state index < -0.39 is 0 Å². The maximum atomic E-state index is 13.8. The molecule has 0 N–H and O–H groups in total. The van der Waals surface area contributed by atoms with Crippen molar-refractivity contribution in [2.24, 2.45) is 5.92 Å². The topological polar surface area (TPSA) is 61.4 Å². The Labute approximate surface area is 188 Å². The molecular weight excluding hydrogens is 428 g/mol. The molecule has 1 atom stereocenters. The van der Waals surface area contributed by atoms with Gasteiger partial charge < -0.3 is 4.74 Å². The molecule has 0 saturated heterocycles. The van der Waals surface area contributed by atoms with E-state index in [0.29, 0.717) is 24.8 Å². The molecule has 160 valence electrons. The summed E-state index contributed by atoms with van der Waals surface area (Å²) in [5, 5.41) is 10.4. The van der Waals surface area contributed by atoms with Crippen molar-refractivity contribution >= 4 is 39.1 Å². The summed E-state index contributed by atoms with van der Waals surface area (Å²) in [6.07, 6.45) is 2.73. The highest BCUT2D eigenvalue weighted by atomic mass is 32.2. The number of fused-ring (bicyclic) bond motifs is 5. The van der Waals surface area contributed by atoms with Gasteiger partial charge in [-0.15, -0.1) is 28.1 Å². The molecule has 1 aliphatic heterocycles. The standard InChI is InChI=1S/C23H24N4O2S2/c1-4-10-30-23-25-24-22-26(12-15-8-6-5-7-9-15)20(28)19-16-11-17(14(2)3)29-13-18(16)31-21(19)27(22)23/h4-9,14,17H,1,10-13H2,2-3H3. The molecule has 0 saturated carbocycles. The van der Waals surface area contributed by atoms with E-state index in [0.717, 1.165) is 43.6 Å². The van der Waals surface area contributed by atoms with Gasteiger partial charge in [0.1, 0.15) is 4.83 Å². The highest BCUT2D eigenvalue weighted by Gasteiger charge is 2.29. The molecule has 5 rings (SSSR count). The third-order valence-electron chi connectivity index (χ3n) is 5.68. The Morgan fingerprint density at radius 3 is 2.87 bits per heavy atom. The van der Waals surface area contributed by atoms with Crippen molar-refractivity contribution in [2.75, 3.05) is 5.75 Å². The van der Waals surface area contributed by atoms with Crippen LogP contribution in [0.5, 0.6) is 0 Å². The van der Waals surface area contributed by atoms with Crippen molar-refractivity contribution in [1.82, 2.24) is 19.2 Å². The molecule has 31 heavy (non-hydrogen) atoms. The SMILES string of the molecule is C=CCSc1nnc2n(Cc3ccccc3)c(=O)c3c4c(sc3n12)COC(C(C)C)C4. The van der Waals surface area contributed by atoms with Gasteiger partial charge in [0.05, 0.1) is 24.6 Å². The molecule has 4 heterocycles. The fourth-order valence-electron chi connectivity index (χ4n) is 4.06. The van der Waals surface area contributed by atoms with Crippen LogP contribution < -0.4 is 5.56 Å². The first kappa shape index (κ1) is 20.5. The molecule has 0 amide bonds. The van der Waals surface area contributed by atoms with E-state index in [1.54, 1.807) is 27.7 Å². The summed E-state index contributed by atoms with van der Waals surface area (Å²) in [6, 6.07) is 10.0. The van der Waals surface area contributed by atoms with Crippen LogP contribution in [0.1, 0.15) is 29.9 Å². The lowest BCUT2D eigenvalue weighted by Gasteiger charge is -2.26. The van der Waals surface area contributed by atoms with Gasteiger partial charge in [-0.25, -0.2) is 4.40 Å². The minimum Gasteiger partial charge on any atom is -0.372 e. The van der Waals surface area contributed by atoms with Crippen molar-refractivity contribution in [1.29, 1.82) is 0 Å². The number of hydrogen-bond donors (Lipinski definition) is 0. The van der Waals surface area contributed by atoms with Gasteiger partial charge in [0.15, 0.2) is 5.16 Å². The predicted octanol–water partition coefficient (Wildman–Crippen LogP) is 4.53. The van der Waals surface area contributed by atoms with Gasteiger partial charge in [-0.3, -0.25) is 9.36 Å². The lowest BCUT2D eigenvalue weighted by molar-refractivity contribution is 0.00200. The van der Waals surface area contributed by atoms with E-state index in [-0.39, 0.29) is 11.7 Å². The smallest absolute Gasteiger partial charge is 0.264 e. The van der Waals surface area contributed by atoms with Crippen LogP contribution >= 0.6 is 23.1 Å². The predicted molar refractivity (Wildman–Crippen MR) is 126 cm³/mol. The Morgan fingerprint density at radius 1 is 1.32 bits per heavy atom. The first-order valence-corrected chi connectivity index (χ1v) is 12.2. The lowest BCUT2D eigenvalue weighted by Crippen LogP contribution is -2.28. The number of ether oxygens (including phenoxy) is 1. The van der Waals surface area contributed by atoms with Gasteiger partial charge in [-0.1, -0.05) is 62.0 Å². The third kappa shape index (κ3) is 3.52. The van der Waals surface area contributed by atoms with Crippen LogP contribution in [0, 0.1) is 5.92 Å². The van der Waals surface area contributed by atoms with Crippen molar-refractivity contribution in [3.05, 3.63) is 69.3 Å². The summed E-state index contributed by atoms with van der Waals surface area (Å²) in [5.74, 6) is 1.70. The van der Waals surface area contributed by atoms with Crippen molar-refractivity contribution in [2.45, 2.75) is 44.7 Å². The van der Waals surface area contributed by atoms with Crippen LogP contribution in [0.3, 0.4) is 0 Å². The molecule has 8 heteroatoms. The number of aromatic nitrogens is 4. The van der Waals surface area contributed by atoms with E-state index in [1.165, 1.54) is 0 Å². The molecule has 1 aromatic carbocycles. The van der Waals surface area contributed by atoms with Gasteiger partial charge >= 0.3 is 0 Å². The molecular formula is C23H24N4O2S2. The second kappa shape index (κ2) is 8.26. The van der Waals surface area contributed by atoms with Gasteiger partial charge in [-0.05, 0) is 17.0 Å². The number of rotatable bonds is 6. The van der Waals surface area contributed by atoms with Gasteiger partial charge in [-0.2, -0.15) is 0 Å². The quantitative estimate of drug-likeness (QED) is 0.318. The second-order valence-electron chi connectivity index (χ2n) is 8.08. The molecule has 6 nitrogen and oxygen atoms in total. The monoisotopic (exact) mass is 452 g/mol. The summed E-state index contributed by atoms with van der Waals surface area (Å²) in [5.41, 5.74) is 2.19. The Bertz CT molecular complexity index is 1320. The molecule has 0 aliphatic carbocycles. The lowest BCUT2D eigenvalue weighted by atomic mass is 9.96. The van der Waals surface area contributed by atoms with Crippen molar-refractivity contribution < 1.29 is 4.74 Å². The van der Waals surface area contributed by atoms with Crippen molar-refractivity contribution in [3.8, 4) is 0 Å². The van der Waals surface area contributed by atoms with Crippen LogP contribution in [0.2, 0.25) is 0 Å². The summed E-state index contributed by atoms with van der Waals surface area (Å²) >= 11 is 3.20.